The highest BCUT2D eigenvalue weighted by molar-refractivity contribution is 6.20. The summed E-state index contributed by atoms with van der Waals surface area (Å²) in [6.07, 6.45) is 0.841. The average Bonchev–Trinajstić information content (AvgIpc) is 2.65. The largest absolute Gasteiger partial charge is 0.462 e. The number of rotatable bonds is 5. The van der Waals surface area contributed by atoms with E-state index in [0.29, 0.717) is 11.4 Å². The van der Waals surface area contributed by atoms with Crippen LogP contribution in [0.1, 0.15) is 48.5 Å². The molecule has 1 aliphatic heterocycles. The molecule has 0 spiro atoms. The monoisotopic (exact) mass is 458 g/mol. The summed E-state index contributed by atoms with van der Waals surface area (Å²) in [5, 5.41) is 5.53. The summed E-state index contributed by atoms with van der Waals surface area (Å²) in [5.74, 6) is -3.54. The number of anilines is 2. The minimum absolute atomic E-state index is 0.0259. The van der Waals surface area contributed by atoms with Gasteiger partial charge in [0.25, 0.3) is 5.91 Å². The minimum atomic E-state index is -0.989. The normalized spacial score (nSPS) is 15.5. The molecule has 9 heteroatoms. The Balaban J connectivity index is 2.72. The van der Waals surface area contributed by atoms with Crippen LogP contribution < -0.4 is 10.6 Å². The summed E-state index contributed by atoms with van der Waals surface area (Å²) in [5.41, 5.74) is -1.97. The zero-order chi connectivity index (χ0) is 25.0. The lowest BCUT2D eigenvalue weighted by Crippen LogP contribution is -2.33. The molecule has 0 fully saturated rings. The Morgan fingerprint density at radius 3 is 1.94 bits per heavy atom. The summed E-state index contributed by atoms with van der Waals surface area (Å²) < 4.78 is 15.8. The number of fused-ring (bicyclic) bond motifs is 1. The van der Waals surface area contributed by atoms with E-state index in [2.05, 4.69) is 10.6 Å². The Kier molecular flexibility index (Phi) is 7.68. The van der Waals surface area contributed by atoms with Gasteiger partial charge in [0.15, 0.2) is 0 Å². The van der Waals surface area contributed by atoms with E-state index in [1.807, 2.05) is 0 Å². The van der Waals surface area contributed by atoms with Gasteiger partial charge in [-0.3, -0.25) is 4.79 Å². The number of carbonyl (C=O) groups is 4. The van der Waals surface area contributed by atoms with Crippen molar-refractivity contribution >= 4 is 35.2 Å². The molecule has 0 aromatic heterocycles. The van der Waals surface area contributed by atoms with E-state index in [1.165, 1.54) is 0 Å². The molecule has 33 heavy (non-hydrogen) atoms. The molecule has 2 N–H and O–H groups in total. The molecule has 0 unspecified atom stereocenters. The van der Waals surface area contributed by atoms with Crippen LogP contribution in [0, 0.1) is 0 Å². The van der Waals surface area contributed by atoms with E-state index in [0.717, 1.165) is 6.08 Å². The van der Waals surface area contributed by atoms with Crippen LogP contribution in [0.4, 0.5) is 11.4 Å². The average molecular weight is 459 g/mol. The molecule has 0 bridgehead atoms. The molecule has 1 aromatic carbocycles. The van der Waals surface area contributed by atoms with Crippen LogP contribution in [-0.4, -0.2) is 41.6 Å². The fourth-order valence-corrected chi connectivity index (χ4v) is 2.82. The first-order valence-corrected chi connectivity index (χ1v) is 10.5. The van der Waals surface area contributed by atoms with Crippen molar-refractivity contribution in [1.29, 1.82) is 0 Å². The van der Waals surface area contributed by atoms with Crippen molar-refractivity contribution in [2.75, 3.05) is 17.2 Å². The SMILES string of the molecule is CCOC(=O)C(/C(=C\C(=O)OC(C)(C)C)C(=O)OC(C)(C)C)=C1/Nc2ccccc2NC1=O. The highest BCUT2D eigenvalue weighted by atomic mass is 16.6. The van der Waals surface area contributed by atoms with Crippen LogP contribution >= 0.6 is 0 Å². The molecule has 178 valence electrons. The van der Waals surface area contributed by atoms with Crippen molar-refractivity contribution in [3.05, 3.63) is 47.2 Å². The van der Waals surface area contributed by atoms with Crippen LogP contribution in [0.15, 0.2) is 47.2 Å². The molecule has 0 atom stereocenters. The van der Waals surface area contributed by atoms with Crippen molar-refractivity contribution < 1.29 is 33.4 Å². The molecule has 1 aromatic rings. The zero-order valence-corrected chi connectivity index (χ0v) is 20.0. The van der Waals surface area contributed by atoms with Gasteiger partial charge >= 0.3 is 17.9 Å². The number of hydrogen-bond donors (Lipinski definition) is 2. The number of para-hydroxylation sites is 2. The Morgan fingerprint density at radius 2 is 1.42 bits per heavy atom. The Bertz CT molecular complexity index is 1020. The van der Waals surface area contributed by atoms with Gasteiger partial charge in [0.2, 0.25) is 0 Å². The van der Waals surface area contributed by atoms with E-state index in [4.69, 9.17) is 14.2 Å². The first-order valence-electron chi connectivity index (χ1n) is 10.5. The third-order valence-corrected chi connectivity index (χ3v) is 3.95. The molecular weight excluding hydrogens is 428 g/mol. The Morgan fingerprint density at radius 1 is 0.879 bits per heavy atom. The maximum absolute atomic E-state index is 13.1. The van der Waals surface area contributed by atoms with Gasteiger partial charge in [-0.2, -0.15) is 0 Å². The van der Waals surface area contributed by atoms with Crippen molar-refractivity contribution in [1.82, 2.24) is 0 Å². The molecule has 2 rings (SSSR count). The van der Waals surface area contributed by atoms with Crippen molar-refractivity contribution in [2.45, 2.75) is 59.7 Å². The first-order chi connectivity index (χ1) is 15.2. The highest BCUT2D eigenvalue weighted by Gasteiger charge is 2.35. The standard InChI is InChI=1S/C24H30N2O7/c1-8-31-22(30)18(19-20(28)26-16-12-10-9-11-15(16)25-19)14(21(29)33-24(5,6)7)13-17(27)32-23(2,3)4/h9-13,25H,8H2,1-7H3,(H,26,28)/b14-13+,19-18+. The number of esters is 3. The predicted octanol–water partition coefficient (Wildman–Crippen LogP) is 3.48. The zero-order valence-electron chi connectivity index (χ0n) is 20.0. The summed E-state index contributed by atoms with van der Waals surface area (Å²) >= 11 is 0. The van der Waals surface area contributed by atoms with Gasteiger partial charge in [0.1, 0.15) is 22.5 Å². The Labute approximate surface area is 193 Å². The van der Waals surface area contributed by atoms with Crippen molar-refractivity contribution in [3.63, 3.8) is 0 Å². The maximum Gasteiger partial charge on any atom is 0.341 e. The van der Waals surface area contributed by atoms with E-state index in [-0.39, 0.29) is 12.3 Å². The molecule has 0 radical (unpaired) electrons. The van der Waals surface area contributed by atoms with Gasteiger partial charge in [-0.25, -0.2) is 14.4 Å². The third-order valence-electron chi connectivity index (χ3n) is 3.95. The second kappa shape index (κ2) is 9.89. The van der Waals surface area contributed by atoms with Crippen molar-refractivity contribution in [2.24, 2.45) is 0 Å². The third kappa shape index (κ3) is 7.20. The van der Waals surface area contributed by atoms with Crippen LogP contribution in [0.5, 0.6) is 0 Å². The molecule has 1 amide bonds. The van der Waals surface area contributed by atoms with Crippen LogP contribution in [0.25, 0.3) is 0 Å². The maximum atomic E-state index is 13.1. The van der Waals surface area contributed by atoms with E-state index in [1.54, 1.807) is 72.7 Å². The van der Waals surface area contributed by atoms with Crippen LogP contribution in [-0.2, 0) is 33.4 Å². The number of carbonyl (C=O) groups excluding carboxylic acids is 4. The quantitative estimate of drug-likeness (QED) is 0.391. The van der Waals surface area contributed by atoms with E-state index in [9.17, 15) is 19.2 Å². The van der Waals surface area contributed by atoms with Gasteiger partial charge in [0, 0.05) is 6.08 Å². The fourth-order valence-electron chi connectivity index (χ4n) is 2.82. The van der Waals surface area contributed by atoms with Gasteiger partial charge in [-0.05, 0) is 60.6 Å². The second-order valence-corrected chi connectivity index (χ2v) is 9.19. The minimum Gasteiger partial charge on any atom is -0.462 e. The summed E-state index contributed by atoms with van der Waals surface area (Å²) in [4.78, 5) is 51.6. The number of amides is 1. The van der Waals surface area contributed by atoms with Gasteiger partial charge in [-0.1, -0.05) is 12.1 Å². The summed E-state index contributed by atoms with van der Waals surface area (Å²) in [7, 11) is 0. The fraction of sp³-hybridized carbons (Fsp3) is 0.417. The molecule has 1 aliphatic rings. The number of nitrogens with one attached hydrogen (secondary N) is 2. The second-order valence-electron chi connectivity index (χ2n) is 9.19. The topological polar surface area (TPSA) is 120 Å². The lowest BCUT2D eigenvalue weighted by Gasteiger charge is -2.25. The van der Waals surface area contributed by atoms with E-state index < -0.39 is 46.2 Å². The first kappa shape index (κ1) is 25.6. The Hall–Kier alpha value is -3.62. The summed E-state index contributed by atoms with van der Waals surface area (Å²) in [6.45, 7) is 11.4. The highest BCUT2D eigenvalue weighted by Crippen LogP contribution is 2.31. The predicted molar refractivity (Wildman–Crippen MR) is 122 cm³/mol. The van der Waals surface area contributed by atoms with Gasteiger partial charge in [0.05, 0.1) is 23.6 Å². The molecule has 0 saturated heterocycles. The number of hydrogen-bond acceptors (Lipinski definition) is 8. The van der Waals surface area contributed by atoms with E-state index >= 15 is 0 Å². The van der Waals surface area contributed by atoms with Gasteiger partial charge < -0.3 is 24.8 Å². The van der Waals surface area contributed by atoms with Gasteiger partial charge in [-0.15, -0.1) is 0 Å². The van der Waals surface area contributed by atoms with Crippen LogP contribution in [0.3, 0.4) is 0 Å². The van der Waals surface area contributed by atoms with Crippen LogP contribution in [0.2, 0.25) is 0 Å². The molecule has 0 aliphatic carbocycles. The summed E-state index contributed by atoms with van der Waals surface area (Å²) in [6, 6.07) is 6.82. The van der Waals surface area contributed by atoms with Crippen molar-refractivity contribution in [3.8, 4) is 0 Å². The lowest BCUT2D eigenvalue weighted by molar-refractivity contribution is -0.153. The number of benzene rings is 1. The molecule has 9 nitrogen and oxygen atoms in total. The molecule has 1 heterocycles. The molecular formula is C24H30N2O7. The lowest BCUT2D eigenvalue weighted by atomic mass is 10.00. The molecule has 0 saturated carbocycles. The smallest absolute Gasteiger partial charge is 0.341 e. The number of ether oxygens (including phenoxy) is 3.